The molecule has 2 rings (SSSR count). The van der Waals surface area contributed by atoms with Crippen LogP contribution >= 0.6 is 0 Å². The molecule has 0 unspecified atom stereocenters. The van der Waals surface area contributed by atoms with Crippen LogP contribution in [0.3, 0.4) is 0 Å². The molecule has 1 N–H and O–H groups in total. The molecule has 1 amide bonds. The number of hydrogen-bond acceptors (Lipinski definition) is 2. The van der Waals surface area contributed by atoms with Gasteiger partial charge in [0.05, 0.1) is 6.04 Å². The van der Waals surface area contributed by atoms with Crippen molar-refractivity contribution in [3.63, 3.8) is 0 Å². The van der Waals surface area contributed by atoms with E-state index >= 15 is 0 Å². The van der Waals surface area contributed by atoms with Gasteiger partial charge >= 0.3 is 0 Å². The first-order chi connectivity index (χ1) is 11.4. The highest BCUT2D eigenvalue weighted by atomic mass is 19.1. The first-order valence-electron chi connectivity index (χ1n) is 8.21. The third-order valence-corrected chi connectivity index (χ3v) is 4.02. The number of carbonyl (C=O) groups is 1. The fourth-order valence-electron chi connectivity index (χ4n) is 2.71. The summed E-state index contributed by atoms with van der Waals surface area (Å²) in [5.41, 5.74) is 3.38. The molecule has 0 saturated heterocycles. The van der Waals surface area contributed by atoms with Crippen molar-refractivity contribution in [3.8, 4) is 5.75 Å². The molecule has 0 radical (unpaired) electrons. The van der Waals surface area contributed by atoms with Crippen LogP contribution in [0.15, 0.2) is 42.5 Å². The van der Waals surface area contributed by atoms with Gasteiger partial charge in [0.25, 0.3) is 5.91 Å². The zero-order valence-corrected chi connectivity index (χ0v) is 14.6. The van der Waals surface area contributed by atoms with Gasteiger partial charge in [-0.1, -0.05) is 42.8 Å². The maximum atomic E-state index is 13.7. The Hall–Kier alpha value is -2.36. The number of nitrogens with one attached hydrogen (secondary N) is 1. The Morgan fingerprint density at radius 3 is 2.54 bits per heavy atom. The van der Waals surface area contributed by atoms with E-state index in [-0.39, 0.29) is 17.7 Å². The first-order valence-corrected chi connectivity index (χ1v) is 8.21. The molecule has 0 aliphatic rings. The van der Waals surface area contributed by atoms with Crippen LogP contribution in [-0.4, -0.2) is 12.0 Å². The van der Waals surface area contributed by atoms with Gasteiger partial charge in [0.2, 0.25) is 0 Å². The highest BCUT2D eigenvalue weighted by Crippen LogP contribution is 2.21. The summed E-state index contributed by atoms with van der Waals surface area (Å²) in [5, 5.41) is 2.96. The average Bonchev–Trinajstić information content (AvgIpc) is 2.53. The topological polar surface area (TPSA) is 38.3 Å². The lowest BCUT2D eigenvalue weighted by Gasteiger charge is -2.22. The van der Waals surface area contributed by atoms with Crippen LogP contribution in [0, 0.1) is 19.7 Å². The smallest absolute Gasteiger partial charge is 0.261 e. The number of hydrogen-bond donors (Lipinski definition) is 1. The van der Waals surface area contributed by atoms with E-state index in [2.05, 4.69) is 11.4 Å². The number of carbonyl (C=O) groups excluding carboxylic acids is 1. The number of benzene rings is 2. The third-order valence-electron chi connectivity index (χ3n) is 4.02. The van der Waals surface area contributed by atoms with Gasteiger partial charge < -0.3 is 10.1 Å². The van der Waals surface area contributed by atoms with Gasteiger partial charge in [-0.15, -0.1) is 0 Å². The fourth-order valence-corrected chi connectivity index (χ4v) is 2.71. The molecule has 2 aromatic carbocycles. The molecule has 24 heavy (non-hydrogen) atoms. The quantitative estimate of drug-likeness (QED) is 0.849. The predicted octanol–water partition coefficient (Wildman–Crippen LogP) is 4.48. The van der Waals surface area contributed by atoms with Gasteiger partial charge in [-0.3, -0.25) is 4.79 Å². The minimum absolute atomic E-state index is 0.0960. The Balaban J connectivity index is 2.07. The monoisotopic (exact) mass is 329 g/mol. The second kappa shape index (κ2) is 7.95. The zero-order valence-electron chi connectivity index (χ0n) is 14.6. The molecule has 0 aliphatic heterocycles. The average molecular weight is 329 g/mol. The van der Waals surface area contributed by atoms with Crippen molar-refractivity contribution in [3.05, 3.63) is 65.0 Å². The van der Waals surface area contributed by atoms with Gasteiger partial charge in [0.1, 0.15) is 0 Å². The Morgan fingerprint density at radius 2 is 1.92 bits per heavy atom. The van der Waals surface area contributed by atoms with Gasteiger partial charge in [-0.25, -0.2) is 4.39 Å². The van der Waals surface area contributed by atoms with E-state index in [1.54, 1.807) is 12.1 Å². The van der Waals surface area contributed by atoms with Crippen molar-refractivity contribution in [1.29, 1.82) is 0 Å². The molecule has 4 heteroatoms. The van der Waals surface area contributed by atoms with Crippen LogP contribution in [0.2, 0.25) is 0 Å². The largest absolute Gasteiger partial charge is 0.478 e. The molecular weight excluding hydrogens is 305 g/mol. The van der Waals surface area contributed by atoms with Gasteiger partial charge in [0, 0.05) is 0 Å². The van der Waals surface area contributed by atoms with Gasteiger partial charge in [-0.2, -0.15) is 0 Å². The fraction of sp³-hybridized carbons (Fsp3) is 0.350. The molecule has 0 saturated carbocycles. The van der Waals surface area contributed by atoms with Crippen molar-refractivity contribution < 1.29 is 13.9 Å². The summed E-state index contributed by atoms with van der Waals surface area (Å²) in [5.74, 6) is -0.613. The maximum Gasteiger partial charge on any atom is 0.261 e. The lowest BCUT2D eigenvalue weighted by Crippen LogP contribution is -2.39. The standard InChI is InChI=1S/C20H24FNO2/c1-5-18(24-19-9-7-6-8-17(19)21)20(23)22-15(4)16-11-10-13(2)12-14(16)3/h6-12,15,18H,5H2,1-4H3,(H,22,23)/t15-,18-/m0/s1. The molecule has 0 spiro atoms. The second-order valence-corrected chi connectivity index (χ2v) is 6.04. The van der Waals surface area contributed by atoms with E-state index in [4.69, 9.17) is 4.74 Å². The van der Waals surface area contributed by atoms with Gasteiger partial charge in [0.15, 0.2) is 17.7 Å². The van der Waals surface area contributed by atoms with E-state index in [9.17, 15) is 9.18 Å². The first kappa shape index (κ1) is 18.0. The van der Waals surface area contributed by atoms with E-state index in [1.165, 1.54) is 17.7 Å². The highest BCUT2D eigenvalue weighted by Gasteiger charge is 2.22. The Bertz CT molecular complexity index is 715. The molecule has 0 fully saturated rings. The number of rotatable bonds is 6. The number of para-hydroxylation sites is 1. The Labute approximate surface area is 142 Å². The number of halogens is 1. The van der Waals surface area contributed by atoms with Crippen molar-refractivity contribution in [1.82, 2.24) is 5.32 Å². The van der Waals surface area contributed by atoms with Crippen LogP contribution in [0.1, 0.15) is 43.0 Å². The number of amides is 1. The normalized spacial score (nSPS) is 13.2. The lowest BCUT2D eigenvalue weighted by atomic mass is 10.00. The molecule has 2 atom stereocenters. The molecular formula is C20H24FNO2. The van der Waals surface area contributed by atoms with Crippen LogP contribution in [0.4, 0.5) is 4.39 Å². The predicted molar refractivity (Wildman–Crippen MR) is 93.6 cm³/mol. The van der Waals surface area contributed by atoms with E-state index in [0.29, 0.717) is 6.42 Å². The van der Waals surface area contributed by atoms with Crippen molar-refractivity contribution in [2.75, 3.05) is 0 Å². The number of aryl methyl sites for hydroxylation is 2. The molecule has 0 heterocycles. The summed E-state index contributed by atoms with van der Waals surface area (Å²) in [6.45, 7) is 7.84. The summed E-state index contributed by atoms with van der Waals surface area (Å²) in [7, 11) is 0. The maximum absolute atomic E-state index is 13.7. The van der Waals surface area contributed by atoms with Gasteiger partial charge in [-0.05, 0) is 50.5 Å². The lowest BCUT2D eigenvalue weighted by molar-refractivity contribution is -0.128. The molecule has 0 aromatic heterocycles. The molecule has 2 aromatic rings. The second-order valence-electron chi connectivity index (χ2n) is 6.04. The Kier molecular flexibility index (Phi) is 5.96. The summed E-state index contributed by atoms with van der Waals surface area (Å²) in [6.07, 6.45) is -0.269. The molecule has 0 bridgehead atoms. The van der Waals surface area contributed by atoms with Crippen LogP contribution in [-0.2, 0) is 4.79 Å². The summed E-state index contributed by atoms with van der Waals surface area (Å²) in [4.78, 5) is 12.5. The highest BCUT2D eigenvalue weighted by molar-refractivity contribution is 5.81. The van der Waals surface area contributed by atoms with E-state index in [1.807, 2.05) is 39.8 Å². The van der Waals surface area contributed by atoms with E-state index in [0.717, 1.165) is 11.1 Å². The summed E-state index contributed by atoms with van der Waals surface area (Å²) in [6, 6.07) is 12.1. The minimum Gasteiger partial charge on any atom is -0.478 e. The zero-order chi connectivity index (χ0) is 17.7. The van der Waals surface area contributed by atoms with Crippen LogP contribution in [0.5, 0.6) is 5.75 Å². The third kappa shape index (κ3) is 4.34. The van der Waals surface area contributed by atoms with Crippen molar-refractivity contribution >= 4 is 5.91 Å². The molecule has 3 nitrogen and oxygen atoms in total. The minimum atomic E-state index is -0.727. The van der Waals surface area contributed by atoms with Crippen molar-refractivity contribution in [2.45, 2.75) is 46.3 Å². The summed E-state index contributed by atoms with van der Waals surface area (Å²) < 4.78 is 19.3. The van der Waals surface area contributed by atoms with Crippen LogP contribution < -0.4 is 10.1 Å². The number of ether oxygens (including phenoxy) is 1. The van der Waals surface area contributed by atoms with Crippen LogP contribution in [0.25, 0.3) is 0 Å². The summed E-state index contributed by atoms with van der Waals surface area (Å²) >= 11 is 0. The molecule has 0 aliphatic carbocycles. The Morgan fingerprint density at radius 1 is 1.21 bits per heavy atom. The van der Waals surface area contributed by atoms with E-state index < -0.39 is 11.9 Å². The molecule has 128 valence electrons. The SMILES string of the molecule is CC[C@H](Oc1ccccc1F)C(=O)N[C@@H](C)c1ccc(C)cc1C. The van der Waals surface area contributed by atoms with Crippen molar-refractivity contribution in [2.24, 2.45) is 0 Å².